The Balaban J connectivity index is 1.35. The number of nitrogens with one attached hydrogen (secondary N) is 1. The van der Waals surface area contributed by atoms with E-state index >= 15 is 0 Å². The normalized spacial score (nSPS) is 19.3. The van der Waals surface area contributed by atoms with Crippen LogP contribution in [0.25, 0.3) is 0 Å². The number of oxazole rings is 1. The van der Waals surface area contributed by atoms with Gasteiger partial charge in [-0.25, -0.2) is 4.98 Å². The number of aromatic nitrogens is 1. The molecule has 2 aromatic rings. The average molecular weight is 424 g/mol. The van der Waals surface area contributed by atoms with Crippen LogP contribution in [0.2, 0.25) is 10.0 Å². The number of benzene rings is 1. The van der Waals surface area contributed by atoms with Gasteiger partial charge in [0.05, 0.1) is 22.7 Å². The number of carbonyl (C=O) groups is 1. The third-order valence-corrected chi connectivity index (χ3v) is 5.81. The molecule has 1 aromatic carbocycles. The molecule has 28 heavy (non-hydrogen) atoms. The zero-order valence-corrected chi connectivity index (χ0v) is 17.0. The van der Waals surface area contributed by atoms with E-state index in [9.17, 15) is 4.79 Å². The molecule has 1 saturated heterocycles. The van der Waals surface area contributed by atoms with Crippen molar-refractivity contribution in [3.05, 3.63) is 51.7 Å². The van der Waals surface area contributed by atoms with Crippen LogP contribution in [0.4, 0.5) is 0 Å². The second-order valence-corrected chi connectivity index (χ2v) is 8.17. The molecule has 1 aromatic heterocycles. The van der Waals surface area contributed by atoms with Crippen LogP contribution in [0.1, 0.15) is 47.6 Å². The average Bonchev–Trinajstić information content (AvgIpc) is 3.20. The van der Waals surface area contributed by atoms with E-state index in [1.54, 1.807) is 0 Å². The zero-order chi connectivity index (χ0) is 19.5. The van der Waals surface area contributed by atoms with Crippen LogP contribution in [0.3, 0.4) is 0 Å². The first-order chi connectivity index (χ1) is 13.6. The van der Waals surface area contributed by atoms with Crippen LogP contribution >= 0.6 is 23.2 Å². The molecular weight excluding hydrogens is 401 g/mol. The lowest BCUT2D eigenvalue weighted by Gasteiger charge is -2.20. The standard InChI is InChI=1S/C20H23Cl2N3O3/c21-16-6-3-13(8-17(16)22)10-25(14-4-5-14)11-19-24-18(12-28-19)20(26)23-9-15-2-1-7-27-15/h3,6,8,12,14-15H,1-2,4-5,7,9-11H2,(H,23,26). The van der Waals surface area contributed by atoms with E-state index in [2.05, 4.69) is 15.2 Å². The number of nitrogens with zero attached hydrogens (tertiary/aromatic N) is 2. The molecule has 2 heterocycles. The molecule has 2 aliphatic rings. The molecule has 1 amide bonds. The fourth-order valence-electron chi connectivity index (χ4n) is 3.39. The summed E-state index contributed by atoms with van der Waals surface area (Å²) in [4.78, 5) is 18.9. The molecule has 4 rings (SSSR count). The summed E-state index contributed by atoms with van der Waals surface area (Å²) < 4.78 is 11.1. The van der Waals surface area contributed by atoms with E-state index < -0.39 is 0 Å². The van der Waals surface area contributed by atoms with Gasteiger partial charge in [0.2, 0.25) is 5.89 Å². The maximum atomic E-state index is 12.3. The Kier molecular flexibility index (Phi) is 6.21. The van der Waals surface area contributed by atoms with Gasteiger partial charge in [-0.2, -0.15) is 0 Å². The second-order valence-electron chi connectivity index (χ2n) is 7.36. The molecular formula is C20H23Cl2N3O3. The van der Waals surface area contributed by atoms with E-state index in [0.29, 0.717) is 40.8 Å². The van der Waals surface area contributed by atoms with Crippen LogP contribution in [0, 0.1) is 0 Å². The SMILES string of the molecule is O=C(NCC1CCCO1)c1coc(CN(Cc2ccc(Cl)c(Cl)c2)C2CC2)n1. The van der Waals surface area contributed by atoms with Crippen LogP contribution in [-0.4, -0.2) is 41.1 Å². The molecule has 1 N–H and O–H groups in total. The van der Waals surface area contributed by atoms with Gasteiger partial charge in [0.25, 0.3) is 5.91 Å². The van der Waals surface area contributed by atoms with Gasteiger partial charge in [0.15, 0.2) is 5.69 Å². The summed E-state index contributed by atoms with van der Waals surface area (Å²) in [6.45, 7) is 2.55. The fourth-order valence-corrected chi connectivity index (χ4v) is 3.71. The monoisotopic (exact) mass is 423 g/mol. The number of hydrogen-bond donors (Lipinski definition) is 1. The van der Waals surface area contributed by atoms with Crippen LogP contribution in [-0.2, 0) is 17.8 Å². The minimum absolute atomic E-state index is 0.104. The van der Waals surface area contributed by atoms with E-state index in [0.717, 1.165) is 44.4 Å². The van der Waals surface area contributed by atoms with Crippen LogP contribution in [0.5, 0.6) is 0 Å². The Bertz CT molecular complexity index is 832. The summed E-state index contributed by atoms with van der Waals surface area (Å²) in [7, 11) is 0. The molecule has 8 heteroatoms. The number of carbonyl (C=O) groups excluding carboxylic acids is 1. The van der Waals surface area contributed by atoms with E-state index in [1.165, 1.54) is 6.26 Å². The van der Waals surface area contributed by atoms with Gasteiger partial charge in [0, 0.05) is 25.7 Å². The number of hydrogen-bond acceptors (Lipinski definition) is 5. The lowest BCUT2D eigenvalue weighted by molar-refractivity contribution is 0.0853. The third kappa shape index (κ3) is 5.06. The van der Waals surface area contributed by atoms with Crippen LogP contribution in [0.15, 0.2) is 28.9 Å². The third-order valence-electron chi connectivity index (χ3n) is 5.07. The van der Waals surface area contributed by atoms with E-state index in [4.69, 9.17) is 32.4 Å². The zero-order valence-electron chi connectivity index (χ0n) is 15.5. The Morgan fingerprint density at radius 3 is 2.79 bits per heavy atom. The Morgan fingerprint density at radius 1 is 1.21 bits per heavy atom. The van der Waals surface area contributed by atoms with Crippen molar-refractivity contribution in [2.75, 3.05) is 13.2 Å². The molecule has 1 unspecified atom stereocenters. The molecule has 0 radical (unpaired) electrons. The van der Waals surface area contributed by atoms with Crippen molar-refractivity contribution in [2.24, 2.45) is 0 Å². The summed E-state index contributed by atoms with van der Waals surface area (Å²) >= 11 is 12.1. The number of rotatable bonds is 8. The summed E-state index contributed by atoms with van der Waals surface area (Å²) in [6, 6.07) is 6.17. The van der Waals surface area contributed by atoms with E-state index in [1.807, 2.05) is 18.2 Å². The molecule has 1 atom stereocenters. The lowest BCUT2D eigenvalue weighted by atomic mass is 10.2. The molecule has 1 saturated carbocycles. The number of ether oxygens (including phenoxy) is 1. The van der Waals surface area contributed by atoms with Gasteiger partial charge in [-0.15, -0.1) is 0 Å². The minimum Gasteiger partial charge on any atom is -0.447 e. The van der Waals surface area contributed by atoms with Crippen molar-refractivity contribution in [3.63, 3.8) is 0 Å². The Hall–Kier alpha value is -1.60. The van der Waals surface area contributed by atoms with Gasteiger partial charge < -0.3 is 14.5 Å². The van der Waals surface area contributed by atoms with Crippen molar-refractivity contribution in [1.29, 1.82) is 0 Å². The quantitative estimate of drug-likeness (QED) is 0.693. The van der Waals surface area contributed by atoms with Crippen molar-refractivity contribution in [2.45, 2.75) is 50.9 Å². The molecule has 0 spiro atoms. The van der Waals surface area contributed by atoms with E-state index in [-0.39, 0.29) is 12.0 Å². The maximum absolute atomic E-state index is 12.3. The molecule has 1 aliphatic carbocycles. The summed E-state index contributed by atoms with van der Waals surface area (Å²) in [6.07, 6.45) is 5.85. The summed E-state index contributed by atoms with van der Waals surface area (Å²) in [5, 5.41) is 3.97. The van der Waals surface area contributed by atoms with Gasteiger partial charge in [0.1, 0.15) is 6.26 Å². The predicted molar refractivity (Wildman–Crippen MR) is 107 cm³/mol. The van der Waals surface area contributed by atoms with Crippen molar-refractivity contribution in [3.8, 4) is 0 Å². The van der Waals surface area contributed by atoms with Gasteiger partial charge in [-0.1, -0.05) is 29.3 Å². The highest BCUT2D eigenvalue weighted by atomic mass is 35.5. The highest BCUT2D eigenvalue weighted by Gasteiger charge is 2.30. The topological polar surface area (TPSA) is 67.6 Å². The highest BCUT2D eigenvalue weighted by Crippen LogP contribution is 2.31. The van der Waals surface area contributed by atoms with Gasteiger partial charge in [-0.05, 0) is 43.4 Å². The maximum Gasteiger partial charge on any atom is 0.273 e. The van der Waals surface area contributed by atoms with Gasteiger partial charge in [-0.3, -0.25) is 9.69 Å². The molecule has 6 nitrogen and oxygen atoms in total. The van der Waals surface area contributed by atoms with Crippen molar-refractivity contribution in [1.82, 2.24) is 15.2 Å². The smallest absolute Gasteiger partial charge is 0.273 e. The van der Waals surface area contributed by atoms with Gasteiger partial charge >= 0.3 is 0 Å². The Morgan fingerprint density at radius 2 is 2.07 bits per heavy atom. The largest absolute Gasteiger partial charge is 0.447 e. The van der Waals surface area contributed by atoms with Crippen LogP contribution < -0.4 is 5.32 Å². The second kappa shape index (κ2) is 8.82. The summed E-state index contributed by atoms with van der Waals surface area (Å²) in [5.41, 5.74) is 1.39. The number of amides is 1. The Labute approximate surface area is 174 Å². The van der Waals surface area contributed by atoms with Crippen molar-refractivity contribution >= 4 is 29.1 Å². The first-order valence-corrected chi connectivity index (χ1v) is 10.4. The molecule has 0 bridgehead atoms. The minimum atomic E-state index is -0.229. The highest BCUT2D eigenvalue weighted by molar-refractivity contribution is 6.42. The lowest BCUT2D eigenvalue weighted by Crippen LogP contribution is -2.32. The molecule has 2 fully saturated rings. The molecule has 150 valence electrons. The first kappa shape index (κ1) is 19.7. The van der Waals surface area contributed by atoms with Crippen molar-refractivity contribution < 1.29 is 13.9 Å². The first-order valence-electron chi connectivity index (χ1n) is 9.60. The molecule has 1 aliphatic heterocycles. The summed E-state index contributed by atoms with van der Waals surface area (Å²) in [5.74, 6) is 0.308. The number of halogens is 2. The predicted octanol–water partition coefficient (Wildman–Crippen LogP) is 4.05. The fraction of sp³-hybridized carbons (Fsp3) is 0.500.